The molecule has 1 aromatic carbocycles. The predicted molar refractivity (Wildman–Crippen MR) is 86.0 cm³/mol. The van der Waals surface area contributed by atoms with Gasteiger partial charge in [-0.05, 0) is 38.0 Å². The molecule has 0 radical (unpaired) electrons. The summed E-state index contributed by atoms with van der Waals surface area (Å²) in [6.07, 6.45) is 0.924. The summed E-state index contributed by atoms with van der Waals surface area (Å²) in [5.41, 5.74) is 7.35. The van der Waals surface area contributed by atoms with E-state index in [1.54, 1.807) is 18.7 Å². The van der Waals surface area contributed by atoms with Crippen molar-refractivity contribution >= 4 is 22.9 Å². The molecule has 5 heteroatoms. The van der Waals surface area contributed by atoms with Crippen molar-refractivity contribution in [2.75, 3.05) is 12.4 Å². The fraction of sp³-hybridized carbons (Fsp3) is 0.375. The highest BCUT2D eigenvalue weighted by atomic mass is 32.2. The van der Waals surface area contributed by atoms with E-state index in [1.165, 1.54) is 0 Å². The smallest absolute Gasteiger partial charge is 0.384 e. The molecule has 0 saturated heterocycles. The highest BCUT2D eigenvalue weighted by Crippen LogP contribution is 2.35. The zero-order chi connectivity index (χ0) is 15.3. The van der Waals surface area contributed by atoms with Crippen LogP contribution in [0, 0.1) is 11.8 Å². The number of rotatable bonds is 2. The Bertz CT molecular complexity index is 631. The van der Waals surface area contributed by atoms with Gasteiger partial charge < -0.3 is 10.5 Å². The van der Waals surface area contributed by atoms with Crippen LogP contribution in [-0.2, 0) is 15.1 Å². The van der Waals surface area contributed by atoms with Crippen LogP contribution in [0.2, 0.25) is 0 Å². The third-order valence-electron chi connectivity index (χ3n) is 3.26. The molecule has 0 bridgehead atoms. The Morgan fingerprint density at radius 2 is 2.38 bits per heavy atom. The van der Waals surface area contributed by atoms with E-state index in [4.69, 9.17) is 10.5 Å². The molecule has 0 amide bonds. The van der Waals surface area contributed by atoms with Gasteiger partial charge in [-0.25, -0.2) is 4.79 Å². The molecule has 0 aliphatic carbocycles. The summed E-state index contributed by atoms with van der Waals surface area (Å²) in [5, 5.41) is 0.617. The normalized spacial score (nSPS) is 21.0. The maximum atomic E-state index is 11.3. The SMILES string of the molecule is CCOC(=O)C#Cc1cccc(C2(C)CCSC(N)=N2)c1. The van der Waals surface area contributed by atoms with E-state index in [0.29, 0.717) is 11.8 Å². The molecule has 0 fully saturated rings. The Morgan fingerprint density at radius 1 is 1.57 bits per heavy atom. The number of carbonyl (C=O) groups excluding carboxylic acids is 1. The lowest BCUT2D eigenvalue weighted by molar-refractivity contribution is -0.136. The van der Waals surface area contributed by atoms with Crippen molar-refractivity contribution in [3.8, 4) is 11.8 Å². The molecule has 0 saturated carbocycles. The summed E-state index contributed by atoms with van der Waals surface area (Å²) in [4.78, 5) is 15.8. The Kier molecular flexibility index (Phi) is 4.92. The molecule has 2 rings (SSSR count). The minimum atomic E-state index is -0.509. The molecule has 21 heavy (non-hydrogen) atoms. The van der Waals surface area contributed by atoms with Crippen LogP contribution in [0.1, 0.15) is 31.4 Å². The Balaban J connectivity index is 2.26. The number of hydrogen-bond donors (Lipinski definition) is 1. The van der Waals surface area contributed by atoms with Gasteiger partial charge in [-0.2, -0.15) is 0 Å². The molecule has 4 nitrogen and oxygen atoms in total. The minimum absolute atomic E-state index is 0.322. The second-order valence-electron chi connectivity index (χ2n) is 4.87. The summed E-state index contributed by atoms with van der Waals surface area (Å²) >= 11 is 1.58. The zero-order valence-corrected chi connectivity index (χ0v) is 13.0. The van der Waals surface area contributed by atoms with Crippen molar-refractivity contribution in [2.45, 2.75) is 25.8 Å². The molecule has 110 valence electrons. The Labute approximate surface area is 129 Å². The van der Waals surface area contributed by atoms with Crippen molar-refractivity contribution in [3.05, 3.63) is 35.4 Å². The molecule has 0 aromatic heterocycles. The zero-order valence-electron chi connectivity index (χ0n) is 12.2. The molecular weight excluding hydrogens is 284 g/mol. The fourth-order valence-corrected chi connectivity index (χ4v) is 3.09. The molecule has 1 aliphatic heterocycles. The lowest BCUT2D eigenvalue weighted by Crippen LogP contribution is -2.28. The quantitative estimate of drug-likeness (QED) is 0.672. The predicted octanol–water partition coefficient (Wildman–Crippen LogP) is 2.27. The number of hydrogen-bond acceptors (Lipinski definition) is 5. The minimum Gasteiger partial charge on any atom is -0.456 e. The first-order valence-corrected chi connectivity index (χ1v) is 7.79. The van der Waals surface area contributed by atoms with Crippen LogP contribution in [0.5, 0.6) is 0 Å². The summed E-state index contributed by atoms with van der Waals surface area (Å²) in [5.74, 6) is 5.74. The summed E-state index contributed by atoms with van der Waals surface area (Å²) < 4.78 is 4.79. The number of thioether (sulfide) groups is 1. The first-order chi connectivity index (χ1) is 10.0. The maximum Gasteiger partial charge on any atom is 0.384 e. The van der Waals surface area contributed by atoms with Gasteiger partial charge in [0.15, 0.2) is 5.17 Å². The lowest BCUT2D eigenvalue weighted by atomic mass is 9.89. The number of esters is 1. The van der Waals surface area contributed by atoms with Crippen LogP contribution in [-0.4, -0.2) is 23.5 Å². The maximum absolute atomic E-state index is 11.3. The summed E-state index contributed by atoms with van der Waals surface area (Å²) in [6.45, 7) is 4.15. The number of aliphatic imine (C=N–C) groups is 1. The number of nitrogens with two attached hydrogens (primary N) is 1. The number of carbonyl (C=O) groups is 1. The molecule has 1 heterocycles. The summed E-state index contributed by atoms with van der Waals surface area (Å²) in [6, 6.07) is 7.76. The van der Waals surface area contributed by atoms with Crippen LogP contribution in [0.25, 0.3) is 0 Å². The van der Waals surface area contributed by atoms with Gasteiger partial charge >= 0.3 is 5.97 Å². The van der Waals surface area contributed by atoms with Crippen molar-refractivity contribution in [1.29, 1.82) is 0 Å². The van der Waals surface area contributed by atoms with E-state index in [2.05, 4.69) is 23.8 Å². The lowest BCUT2D eigenvalue weighted by Gasteiger charge is -2.29. The van der Waals surface area contributed by atoms with E-state index in [-0.39, 0.29) is 5.54 Å². The van der Waals surface area contributed by atoms with Crippen molar-refractivity contribution in [3.63, 3.8) is 0 Å². The highest BCUT2D eigenvalue weighted by Gasteiger charge is 2.29. The van der Waals surface area contributed by atoms with Crippen molar-refractivity contribution in [2.24, 2.45) is 10.7 Å². The van der Waals surface area contributed by atoms with Crippen LogP contribution in [0.15, 0.2) is 29.3 Å². The average molecular weight is 302 g/mol. The number of nitrogens with zero attached hydrogens (tertiary/aromatic N) is 1. The molecule has 1 unspecified atom stereocenters. The van der Waals surface area contributed by atoms with Gasteiger partial charge in [0.2, 0.25) is 0 Å². The molecular formula is C16H18N2O2S. The number of amidine groups is 1. The van der Waals surface area contributed by atoms with Gasteiger partial charge in [0.05, 0.1) is 12.1 Å². The van der Waals surface area contributed by atoms with E-state index < -0.39 is 5.97 Å². The van der Waals surface area contributed by atoms with Crippen LogP contribution in [0.3, 0.4) is 0 Å². The van der Waals surface area contributed by atoms with Gasteiger partial charge in [0.25, 0.3) is 0 Å². The van der Waals surface area contributed by atoms with Gasteiger partial charge in [-0.15, -0.1) is 0 Å². The number of ether oxygens (including phenoxy) is 1. The van der Waals surface area contributed by atoms with Crippen molar-refractivity contribution < 1.29 is 9.53 Å². The molecule has 2 N–H and O–H groups in total. The first-order valence-electron chi connectivity index (χ1n) is 6.81. The fourth-order valence-electron chi connectivity index (χ4n) is 2.12. The molecule has 0 spiro atoms. The Morgan fingerprint density at radius 3 is 3.10 bits per heavy atom. The highest BCUT2D eigenvalue weighted by molar-refractivity contribution is 8.13. The third kappa shape index (κ3) is 4.02. The molecule has 1 aliphatic rings. The topological polar surface area (TPSA) is 64.7 Å². The van der Waals surface area contributed by atoms with Crippen LogP contribution < -0.4 is 5.73 Å². The van der Waals surface area contributed by atoms with Gasteiger partial charge in [0, 0.05) is 17.2 Å². The average Bonchev–Trinajstić information content (AvgIpc) is 2.46. The van der Waals surface area contributed by atoms with Gasteiger partial charge in [0.1, 0.15) is 0 Å². The first kappa shape index (κ1) is 15.5. The van der Waals surface area contributed by atoms with E-state index >= 15 is 0 Å². The molecule has 1 aromatic rings. The Hall–Kier alpha value is -1.93. The van der Waals surface area contributed by atoms with Crippen LogP contribution in [0.4, 0.5) is 0 Å². The third-order valence-corrected chi connectivity index (χ3v) is 4.06. The van der Waals surface area contributed by atoms with E-state index in [9.17, 15) is 4.79 Å². The number of benzene rings is 1. The van der Waals surface area contributed by atoms with Gasteiger partial charge in [-0.1, -0.05) is 29.8 Å². The summed E-state index contributed by atoms with van der Waals surface area (Å²) in [7, 11) is 0. The van der Waals surface area contributed by atoms with E-state index in [1.807, 2.05) is 24.3 Å². The molecule has 1 atom stereocenters. The monoisotopic (exact) mass is 302 g/mol. The standard InChI is InChI=1S/C16H18N2O2S/c1-3-20-14(19)8-7-12-5-4-6-13(11-12)16(2)9-10-21-15(17)18-16/h4-6,11H,3,9-10H2,1-2H3,(H2,17,18). The second-order valence-corrected chi connectivity index (χ2v) is 5.99. The van der Waals surface area contributed by atoms with E-state index in [0.717, 1.165) is 23.3 Å². The second kappa shape index (κ2) is 6.68. The largest absolute Gasteiger partial charge is 0.456 e. The van der Waals surface area contributed by atoms with Crippen LogP contribution >= 0.6 is 11.8 Å². The van der Waals surface area contributed by atoms with Gasteiger partial charge in [-0.3, -0.25) is 4.99 Å². The van der Waals surface area contributed by atoms with Crippen molar-refractivity contribution in [1.82, 2.24) is 0 Å².